The van der Waals surface area contributed by atoms with Crippen LogP contribution in [0.4, 0.5) is 0 Å². The van der Waals surface area contributed by atoms with Crippen molar-refractivity contribution < 1.29 is 9.59 Å². The van der Waals surface area contributed by atoms with E-state index in [0.29, 0.717) is 24.4 Å². The Morgan fingerprint density at radius 3 is 2.29 bits per heavy atom. The molecule has 0 N–H and O–H groups in total. The van der Waals surface area contributed by atoms with E-state index in [1.807, 2.05) is 51.1 Å². The zero-order valence-corrected chi connectivity index (χ0v) is 16.7. The first-order valence-corrected chi connectivity index (χ1v) is 9.95. The highest BCUT2D eigenvalue weighted by molar-refractivity contribution is 6.35. The number of nitrogens with zero attached hydrogens (tertiary/aromatic N) is 2. The van der Waals surface area contributed by atoms with Gasteiger partial charge in [0.05, 0.1) is 5.57 Å². The second-order valence-electron chi connectivity index (χ2n) is 8.14. The van der Waals surface area contributed by atoms with E-state index in [2.05, 4.69) is 23.1 Å². The zero-order chi connectivity index (χ0) is 19.8. The Morgan fingerprint density at radius 2 is 1.61 bits per heavy atom. The lowest BCUT2D eigenvalue weighted by atomic mass is 9.97. The van der Waals surface area contributed by atoms with Crippen molar-refractivity contribution in [3.63, 3.8) is 0 Å². The lowest BCUT2D eigenvalue weighted by molar-refractivity contribution is -0.138. The van der Waals surface area contributed by atoms with Gasteiger partial charge in [-0.25, -0.2) is 0 Å². The average molecular weight is 374 g/mol. The molecular weight excluding hydrogens is 348 g/mol. The van der Waals surface area contributed by atoms with E-state index >= 15 is 0 Å². The number of hydrogen-bond acceptors (Lipinski definition) is 3. The largest absolute Gasteiger partial charge is 0.362 e. The second-order valence-corrected chi connectivity index (χ2v) is 8.14. The van der Waals surface area contributed by atoms with E-state index in [1.165, 1.54) is 16.0 Å². The van der Waals surface area contributed by atoms with Crippen LogP contribution in [-0.2, 0) is 22.6 Å². The van der Waals surface area contributed by atoms with E-state index in [1.54, 1.807) is 0 Å². The van der Waals surface area contributed by atoms with Gasteiger partial charge in [-0.2, -0.15) is 0 Å². The minimum absolute atomic E-state index is 0.159. The number of amides is 2. The number of aryl methyl sites for hydroxylation is 1. The lowest BCUT2D eigenvalue weighted by Gasteiger charge is -2.31. The molecule has 4 heteroatoms. The standard InChI is InChI=1S/C24H26N2O2/c1-16(2)14-26-23(27)21(19-10-8-17(3)9-11-19)22(24(26)28)25-13-12-18-6-4-5-7-20(18)15-25/h4-11,16H,12-15H2,1-3H3. The second kappa shape index (κ2) is 7.27. The van der Waals surface area contributed by atoms with Gasteiger partial charge in [0, 0.05) is 19.6 Å². The van der Waals surface area contributed by atoms with Crippen molar-refractivity contribution in [1.82, 2.24) is 9.80 Å². The van der Waals surface area contributed by atoms with Gasteiger partial charge in [-0.05, 0) is 36.0 Å². The normalized spacial score (nSPS) is 17.0. The molecule has 2 heterocycles. The van der Waals surface area contributed by atoms with E-state index in [9.17, 15) is 9.59 Å². The molecule has 4 rings (SSSR count). The van der Waals surface area contributed by atoms with Crippen LogP contribution in [0.3, 0.4) is 0 Å². The van der Waals surface area contributed by atoms with Crippen molar-refractivity contribution >= 4 is 17.4 Å². The summed E-state index contributed by atoms with van der Waals surface area (Å²) in [6, 6.07) is 16.2. The summed E-state index contributed by atoms with van der Waals surface area (Å²) in [5.41, 5.74) is 5.62. The maximum Gasteiger partial charge on any atom is 0.277 e. The van der Waals surface area contributed by atoms with Gasteiger partial charge in [-0.15, -0.1) is 0 Å². The number of fused-ring (bicyclic) bond motifs is 1. The van der Waals surface area contributed by atoms with Crippen LogP contribution in [-0.4, -0.2) is 34.7 Å². The molecule has 2 aromatic rings. The number of carbonyl (C=O) groups excluding carboxylic acids is 2. The molecule has 0 fully saturated rings. The monoisotopic (exact) mass is 374 g/mol. The maximum absolute atomic E-state index is 13.3. The molecule has 2 aliphatic heterocycles. The van der Waals surface area contributed by atoms with Crippen molar-refractivity contribution in [3.8, 4) is 0 Å². The molecule has 0 saturated heterocycles. The zero-order valence-electron chi connectivity index (χ0n) is 16.7. The summed E-state index contributed by atoms with van der Waals surface area (Å²) in [5.74, 6) is -0.0985. The maximum atomic E-state index is 13.3. The SMILES string of the molecule is Cc1ccc(C2=C(N3CCc4ccccc4C3)C(=O)N(CC(C)C)C2=O)cc1. The Balaban J connectivity index is 1.78. The highest BCUT2D eigenvalue weighted by atomic mass is 16.2. The molecule has 0 unspecified atom stereocenters. The number of carbonyl (C=O) groups is 2. The smallest absolute Gasteiger partial charge is 0.277 e. The first kappa shape index (κ1) is 18.5. The first-order chi connectivity index (χ1) is 13.5. The Kier molecular flexibility index (Phi) is 4.80. The summed E-state index contributed by atoms with van der Waals surface area (Å²) in [6.45, 7) is 7.93. The van der Waals surface area contributed by atoms with E-state index in [0.717, 1.165) is 24.1 Å². The lowest BCUT2D eigenvalue weighted by Crippen LogP contribution is -2.38. The van der Waals surface area contributed by atoms with Gasteiger partial charge in [-0.3, -0.25) is 14.5 Å². The molecule has 4 nitrogen and oxygen atoms in total. The molecule has 28 heavy (non-hydrogen) atoms. The predicted octanol–water partition coefficient (Wildman–Crippen LogP) is 3.79. The van der Waals surface area contributed by atoms with Gasteiger partial charge in [0.1, 0.15) is 5.70 Å². The van der Waals surface area contributed by atoms with Gasteiger partial charge >= 0.3 is 0 Å². The Morgan fingerprint density at radius 1 is 0.929 bits per heavy atom. The minimum Gasteiger partial charge on any atom is -0.362 e. The average Bonchev–Trinajstić information content (AvgIpc) is 2.92. The summed E-state index contributed by atoms with van der Waals surface area (Å²) >= 11 is 0. The van der Waals surface area contributed by atoms with Crippen molar-refractivity contribution in [1.29, 1.82) is 0 Å². The molecular formula is C24H26N2O2. The predicted molar refractivity (Wildman–Crippen MR) is 110 cm³/mol. The first-order valence-electron chi connectivity index (χ1n) is 9.95. The third-order valence-corrected chi connectivity index (χ3v) is 5.48. The van der Waals surface area contributed by atoms with Crippen molar-refractivity contribution in [2.75, 3.05) is 13.1 Å². The minimum atomic E-state index is -0.170. The Bertz CT molecular complexity index is 957. The summed E-state index contributed by atoms with van der Waals surface area (Å²) in [7, 11) is 0. The summed E-state index contributed by atoms with van der Waals surface area (Å²) < 4.78 is 0. The molecule has 2 aromatic carbocycles. The fourth-order valence-corrected chi connectivity index (χ4v) is 4.05. The van der Waals surface area contributed by atoms with Crippen molar-refractivity contribution in [3.05, 3.63) is 76.5 Å². The molecule has 0 atom stereocenters. The van der Waals surface area contributed by atoms with Gasteiger partial charge in [0.25, 0.3) is 11.8 Å². The van der Waals surface area contributed by atoms with Crippen molar-refractivity contribution in [2.24, 2.45) is 5.92 Å². The summed E-state index contributed by atoms with van der Waals surface area (Å²) in [5, 5.41) is 0. The Labute approximate surface area is 166 Å². The topological polar surface area (TPSA) is 40.6 Å². The highest BCUT2D eigenvalue weighted by Crippen LogP contribution is 2.34. The summed E-state index contributed by atoms with van der Waals surface area (Å²) in [4.78, 5) is 30.1. The number of benzene rings is 2. The van der Waals surface area contributed by atoms with Gasteiger partial charge in [0.2, 0.25) is 0 Å². The molecule has 2 aliphatic rings. The molecule has 0 radical (unpaired) electrons. The molecule has 0 spiro atoms. The van der Waals surface area contributed by atoms with Crippen LogP contribution in [0.25, 0.3) is 5.57 Å². The molecule has 0 bridgehead atoms. The van der Waals surface area contributed by atoms with Gasteiger partial charge < -0.3 is 4.90 Å². The van der Waals surface area contributed by atoms with Crippen molar-refractivity contribution in [2.45, 2.75) is 33.7 Å². The molecule has 2 amide bonds. The number of hydrogen-bond donors (Lipinski definition) is 0. The molecule has 0 aromatic heterocycles. The van der Waals surface area contributed by atoms with Crippen LogP contribution in [0, 0.1) is 12.8 Å². The summed E-state index contributed by atoms with van der Waals surface area (Å²) in [6.07, 6.45) is 0.881. The quantitative estimate of drug-likeness (QED) is 0.765. The highest BCUT2D eigenvalue weighted by Gasteiger charge is 2.42. The van der Waals surface area contributed by atoms with E-state index in [-0.39, 0.29) is 17.7 Å². The van der Waals surface area contributed by atoms with Gasteiger partial charge in [-0.1, -0.05) is 67.9 Å². The fraction of sp³-hybridized carbons (Fsp3) is 0.333. The van der Waals surface area contributed by atoms with Crippen LogP contribution in [0.1, 0.15) is 36.1 Å². The number of imide groups is 1. The van der Waals surface area contributed by atoms with E-state index < -0.39 is 0 Å². The third kappa shape index (κ3) is 3.24. The molecule has 0 aliphatic carbocycles. The fourth-order valence-electron chi connectivity index (χ4n) is 4.05. The van der Waals surface area contributed by atoms with Crippen LogP contribution in [0.15, 0.2) is 54.2 Å². The molecule has 0 saturated carbocycles. The van der Waals surface area contributed by atoms with Crippen LogP contribution in [0.2, 0.25) is 0 Å². The van der Waals surface area contributed by atoms with Crippen LogP contribution >= 0.6 is 0 Å². The Hall–Kier alpha value is -2.88. The third-order valence-electron chi connectivity index (χ3n) is 5.48. The van der Waals surface area contributed by atoms with Gasteiger partial charge in [0.15, 0.2) is 0 Å². The molecule has 144 valence electrons. The van der Waals surface area contributed by atoms with Crippen LogP contribution in [0.5, 0.6) is 0 Å². The van der Waals surface area contributed by atoms with E-state index in [4.69, 9.17) is 0 Å². The van der Waals surface area contributed by atoms with Crippen LogP contribution < -0.4 is 0 Å². The number of rotatable bonds is 4.